The maximum atomic E-state index is 12.6. The van der Waals surface area contributed by atoms with Crippen LogP contribution in [0.1, 0.15) is 29.9 Å². The summed E-state index contributed by atoms with van der Waals surface area (Å²) in [7, 11) is 1.64. The molecule has 0 aliphatic rings. The molecule has 0 fully saturated rings. The molecule has 1 atom stereocenters. The van der Waals surface area contributed by atoms with Crippen molar-refractivity contribution in [3.63, 3.8) is 0 Å². The Balaban J connectivity index is 1.67. The standard InChI is InChI=1S/C19H22BrN5O2/c1-12-18(20)13(2)25(23-12)14(3)19(26)22-16-9-21-24(11-16)10-15-6-5-7-17(8-15)27-4/h5-9,11,14H,10H2,1-4H3,(H,22,26). The van der Waals surface area contributed by atoms with Gasteiger partial charge in [-0.1, -0.05) is 12.1 Å². The molecule has 2 aromatic heterocycles. The van der Waals surface area contributed by atoms with Gasteiger partial charge in [0, 0.05) is 6.20 Å². The van der Waals surface area contributed by atoms with Crippen molar-refractivity contribution in [2.45, 2.75) is 33.4 Å². The zero-order valence-corrected chi connectivity index (χ0v) is 17.3. The van der Waals surface area contributed by atoms with E-state index in [1.165, 1.54) is 0 Å². The molecule has 7 nitrogen and oxygen atoms in total. The first-order valence-electron chi connectivity index (χ1n) is 8.56. The predicted octanol–water partition coefficient (Wildman–Crippen LogP) is 3.72. The van der Waals surface area contributed by atoms with Crippen LogP contribution in [0, 0.1) is 13.8 Å². The van der Waals surface area contributed by atoms with Crippen LogP contribution in [0.15, 0.2) is 41.1 Å². The summed E-state index contributed by atoms with van der Waals surface area (Å²) < 4.78 is 9.65. The number of methoxy groups -OCH3 is 1. The lowest BCUT2D eigenvalue weighted by molar-refractivity contribution is -0.119. The predicted molar refractivity (Wildman–Crippen MR) is 107 cm³/mol. The van der Waals surface area contributed by atoms with E-state index in [0.29, 0.717) is 12.2 Å². The summed E-state index contributed by atoms with van der Waals surface area (Å²) in [6.07, 6.45) is 3.45. The monoisotopic (exact) mass is 431 g/mol. The van der Waals surface area contributed by atoms with E-state index in [4.69, 9.17) is 4.74 Å². The number of benzene rings is 1. The van der Waals surface area contributed by atoms with Crippen LogP contribution in [-0.4, -0.2) is 32.6 Å². The zero-order valence-electron chi connectivity index (χ0n) is 15.7. The molecule has 142 valence electrons. The number of anilines is 1. The van der Waals surface area contributed by atoms with Gasteiger partial charge in [-0.05, 0) is 54.4 Å². The van der Waals surface area contributed by atoms with Crippen LogP contribution in [-0.2, 0) is 11.3 Å². The molecule has 3 rings (SSSR count). The molecule has 27 heavy (non-hydrogen) atoms. The summed E-state index contributed by atoms with van der Waals surface area (Å²) in [5.74, 6) is 0.659. The van der Waals surface area contributed by atoms with Gasteiger partial charge in [0.25, 0.3) is 0 Å². The minimum Gasteiger partial charge on any atom is -0.497 e. The van der Waals surface area contributed by atoms with Crippen molar-refractivity contribution in [3.8, 4) is 5.75 Å². The summed E-state index contributed by atoms with van der Waals surface area (Å²) in [6, 6.07) is 7.37. The second kappa shape index (κ2) is 7.96. The van der Waals surface area contributed by atoms with Gasteiger partial charge in [-0.15, -0.1) is 0 Å². The smallest absolute Gasteiger partial charge is 0.249 e. The molecule has 0 saturated carbocycles. The molecule has 1 aromatic carbocycles. The molecule has 8 heteroatoms. The van der Waals surface area contributed by atoms with E-state index in [-0.39, 0.29) is 5.91 Å². The number of halogens is 1. The second-order valence-electron chi connectivity index (χ2n) is 6.37. The van der Waals surface area contributed by atoms with Gasteiger partial charge in [0.15, 0.2) is 0 Å². The Morgan fingerprint density at radius 1 is 1.37 bits per heavy atom. The van der Waals surface area contributed by atoms with Gasteiger partial charge >= 0.3 is 0 Å². The van der Waals surface area contributed by atoms with Crippen LogP contribution in [0.3, 0.4) is 0 Å². The summed E-state index contributed by atoms with van der Waals surface area (Å²) in [4.78, 5) is 12.6. The average molecular weight is 432 g/mol. The molecule has 0 aliphatic carbocycles. The fourth-order valence-electron chi connectivity index (χ4n) is 2.85. The van der Waals surface area contributed by atoms with Crippen molar-refractivity contribution in [2.24, 2.45) is 0 Å². The molecule has 1 amide bonds. The summed E-state index contributed by atoms with van der Waals surface area (Å²) >= 11 is 3.49. The van der Waals surface area contributed by atoms with Crippen molar-refractivity contribution >= 4 is 27.5 Å². The first-order chi connectivity index (χ1) is 12.9. The van der Waals surface area contributed by atoms with Crippen LogP contribution < -0.4 is 10.1 Å². The Hall–Kier alpha value is -2.61. The number of nitrogens with zero attached hydrogens (tertiary/aromatic N) is 4. The Morgan fingerprint density at radius 3 is 2.81 bits per heavy atom. The fraction of sp³-hybridized carbons (Fsp3) is 0.316. The van der Waals surface area contributed by atoms with Crippen molar-refractivity contribution in [2.75, 3.05) is 12.4 Å². The van der Waals surface area contributed by atoms with Crippen LogP contribution in [0.25, 0.3) is 0 Å². The zero-order chi connectivity index (χ0) is 19.6. The quantitative estimate of drug-likeness (QED) is 0.645. The minimum absolute atomic E-state index is 0.144. The number of carbonyl (C=O) groups is 1. The Kier molecular flexibility index (Phi) is 5.65. The normalized spacial score (nSPS) is 12.0. The van der Waals surface area contributed by atoms with Gasteiger partial charge in [0.2, 0.25) is 5.91 Å². The van der Waals surface area contributed by atoms with E-state index >= 15 is 0 Å². The molecule has 0 aliphatic heterocycles. The molecule has 2 heterocycles. The lowest BCUT2D eigenvalue weighted by atomic mass is 10.2. The highest BCUT2D eigenvalue weighted by Gasteiger charge is 2.20. The third-order valence-electron chi connectivity index (χ3n) is 4.36. The SMILES string of the molecule is COc1cccc(Cn2cc(NC(=O)C(C)n3nc(C)c(Br)c3C)cn2)c1. The van der Waals surface area contributed by atoms with Gasteiger partial charge in [-0.2, -0.15) is 10.2 Å². The highest BCUT2D eigenvalue weighted by atomic mass is 79.9. The van der Waals surface area contributed by atoms with E-state index < -0.39 is 6.04 Å². The lowest BCUT2D eigenvalue weighted by Gasteiger charge is -2.13. The van der Waals surface area contributed by atoms with Crippen molar-refractivity contribution in [1.82, 2.24) is 19.6 Å². The number of nitrogens with one attached hydrogen (secondary N) is 1. The Morgan fingerprint density at radius 2 is 2.15 bits per heavy atom. The van der Waals surface area contributed by atoms with Crippen molar-refractivity contribution < 1.29 is 9.53 Å². The van der Waals surface area contributed by atoms with Gasteiger partial charge < -0.3 is 10.1 Å². The van der Waals surface area contributed by atoms with Gasteiger partial charge in [-0.3, -0.25) is 14.2 Å². The van der Waals surface area contributed by atoms with Crippen LogP contribution >= 0.6 is 15.9 Å². The van der Waals surface area contributed by atoms with E-state index in [1.807, 2.05) is 45.0 Å². The van der Waals surface area contributed by atoms with Gasteiger partial charge in [0.05, 0.1) is 41.4 Å². The Bertz CT molecular complexity index is 963. The molecular formula is C19H22BrN5O2. The first kappa shape index (κ1) is 19.2. The summed E-state index contributed by atoms with van der Waals surface area (Å²) in [6.45, 7) is 6.25. The fourth-order valence-corrected chi connectivity index (χ4v) is 3.11. The number of hydrogen-bond acceptors (Lipinski definition) is 4. The van der Waals surface area contributed by atoms with Crippen LogP contribution in [0.5, 0.6) is 5.75 Å². The molecule has 0 bridgehead atoms. The molecule has 1 N–H and O–H groups in total. The Labute approximate surface area is 166 Å². The van der Waals surface area contributed by atoms with Crippen molar-refractivity contribution in [1.29, 1.82) is 0 Å². The summed E-state index contributed by atoms with van der Waals surface area (Å²) in [5.41, 5.74) is 3.49. The molecular weight excluding hydrogens is 410 g/mol. The largest absolute Gasteiger partial charge is 0.497 e. The molecule has 3 aromatic rings. The number of rotatable bonds is 6. The highest BCUT2D eigenvalue weighted by Crippen LogP contribution is 2.23. The maximum absolute atomic E-state index is 12.6. The molecule has 0 radical (unpaired) electrons. The first-order valence-corrected chi connectivity index (χ1v) is 9.35. The lowest BCUT2D eigenvalue weighted by Crippen LogP contribution is -2.25. The number of amides is 1. The van der Waals surface area contributed by atoms with E-state index in [0.717, 1.165) is 27.2 Å². The van der Waals surface area contributed by atoms with Crippen LogP contribution in [0.2, 0.25) is 0 Å². The van der Waals surface area contributed by atoms with E-state index in [2.05, 4.69) is 31.4 Å². The number of ether oxygens (including phenoxy) is 1. The number of carbonyl (C=O) groups excluding carboxylic acids is 1. The van der Waals surface area contributed by atoms with Gasteiger partial charge in [-0.25, -0.2) is 0 Å². The van der Waals surface area contributed by atoms with Crippen molar-refractivity contribution in [3.05, 3.63) is 58.1 Å². The number of aryl methyl sites for hydroxylation is 1. The number of aromatic nitrogens is 4. The second-order valence-corrected chi connectivity index (χ2v) is 7.17. The third kappa shape index (κ3) is 4.21. The topological polar surface area (TPSA) is 74.0 Å². The van der Waals surface area contributed by atoms with E-state index in [1.54, 1.807) is 28.9 Å². The summed E-state index contributed by atoms with van der Waals surface area (Å²) in [5, 5.41) is 11.6. The highest BCUT2D eigenvalue weighted by molar-refractivity contribution is 9.10. The molecule has 0 spiro atoms. The number of hydrogen-bond donors (Lipinski definition) is 1. The third-order valence-corrected chi connectivity index (χ3v) is 5.51. The minimum atomic E-state index is -0.434. The van der Waals surface area contributed by atoms with Gasteiger partial charge in [0.1, 0.15) is 11.8 Å². The average Bonchev–Trinajstić information content (AvgIpc) is 3.20. The van der Waals surface area contributed by atoms with E-state index in [9.17, 15) is 4.79 Å². The molecule has 1 unspecified atom stereocenters. The van der Waals surface area contributed by atoms with Crippen LogP contribution in [0.4, 0.5) is 5.69 Å². The maximum Gasteiger partial charge on any atom is 0.249 e. The molecule has 0 saturated heterocycles.